The van der Waals surface area contributed by atoms with E-state index in [1.54, 1.807) is 39.5 Å². The van der Waals surface area contributed by atoms with Crippen molar-refractivity contribution in [2.45, 2.75) is 6.54 Å². The van der Waals surface area contributed by atoms with Gasteiger partial charge in [0, 0.05) is 23.7 Å². The van der Waals surface area contributed by atoms with Crippen LogP contribution in [0.15, 0.2) is 53.3 Å². The minimum Gasteiger partial charge on any atom is -0.497 e. The maximum Gasteiger partial charge on any atom is 0.274 e. The van der Waals surface area contributed by atoms with E-state index < -0.39 is 0 Å². The Morgan fingerprint density at radius 3 is 2.37 bits per heavy atom. The Balaban J connectivity index is 1.75. The molecule has 7 nitrogen and oxygen atoms in total. The number of oxazole rings is 1. The number of hydrogen-bond acceptors (Lipinski definition) is 6. The zero-order chi connectivity index (χ0) is 19.2. The fourth-order valence-corrected chi connectivity index (χ4v) is 2.61. The van der Waals surface area contributed by atoms with Crippen LogP contribution in [0.5, 0.6) is 17.2 Å². The predicted octanol–water partition coefficient (Wildman–Crippen LogP) is 3.30. The number of methoxy groups -OCH3 is 3. The first-order valence-corrected chi connectivity index (χ1v) is 8.23. The summed E-state index contributed by atoms with van der Waals surface area (Å²) in [5.41, 5.74) is 1.77. The minimum atomic E-state index is -0.340. The van der Waals surface area contributed by atoms with Gasteiger partial charge in [-0.25, -0.2) is 4.98 Å². The molecule has 0 saturated carbocycles. The van der Waals surface area contributed by atoms with Gasteiger partial charge in [-0.2, -0.15) is 0 Å². The number of carbonyl (C=O) groups is 1. The van der Waals surface area contributed by atoms with Crippen LogP contribution in [0.4, 0.5) is 0 Å². The third kappa shape index (κ3) is 4.03. The quantitative estimate of drug-likeness (QED) is 0.689. The van der Waals surface area contributed by atoms with Gasteiger partial charge >= 0.3 is 0 Å². The number of rotatable bonds is 7. The summed E-state index contributed by atoms with van der Waals surface area (Å²) >= 11 is 0. The molecule has 0 aliphatic carbocycles. The van der Waals surface area contributed by atoms with E-state index in [-0.39, 0.29) is 18.1 Å². The highest BCUT2D eigenvalue weighted by Gasteiger charge is 2.18. The van der Waals surface area contributed by atoms with E-state index in [9.17, 15) is 4.79 Å². The Kier molecular flexibility index (Phi) is 5.61. The number of nitrogens with zero attached hydrogens (tertiary/aromatic N) is 1. The average molecular weight is 368 g/mol. The van der Waals surface area contributed by atoms with Crippen molar-refractivity contribution in [3.63, 3.8) is 0 Å². The van der Waals surface area contributed by atoms with E-state index >= 15 is 0 Å². The molecule has 3 aromatic rings. The molecule has 0 unspecified atom stereocenters. The summed E-state index contributed by atoms with van der Waals surface area (Å²) in [4.78, 5) is 16.7. The first kappa shape index (κ1) is 18.3. The predicted molar refractivity (Wildman–Crippen MR) is 99.2 cm³/mol. The monoisotopic (exact) mass is 368 g/mol. The van der Waals surface area contributed by atoms with Gasteiger partial charge in [0.2, 0.25) is 0 Å². The van der Waals surface area contributed by atoms with E-state index in [1.165, 1.54) is 6.39 Å². The van der Waals surface area contributed by atoms with Crippen molar-refractivity contribution in [1.29, 1.82) is 0 Å². The number of aromatic nitrogens is 1. The Hall–Kier alpha value is -3.48. The second-order valence-electron chi connectivity index (χ2n) is 5.62. The zero-order valence-electron chi connectivity index (χ0n) is 15.3. The lowest BCUT2D eigenvalue weighted by Crippen LogP contribution is -2.24. The van der Waals surface area contributed by atoms with E-state index in [1.807, 2.05) is 24.3 Å². The lowest BCUT2D eigenvalue weighted by molar-refractivity contribution is 0.0946. The number of benzene rings is 2. The number of nitrogens with one attached hydrogen (secondary N) is 1. The topological polar surface area (TPSA) is 82.8 Å². The normalized spacial score (nSPS) is 10.3. The molecular weight excluding hydrogens is 348 g/mol. The third-order valence-electron chi connectivity index (χ3n) is 4.07. The number of carbonyl (C=O) groups excluding carboxylic acids is 1. The summed E-state index contributed by atoms with van der Waals surface area (Å²) in [5, 5.41) is 2.84. The molecule has 140 valence electrons. The highest BCUT2D eigenvalue weighted by molar-refractivity contribution is 5.97. The van der Waals surface area contributed by atoms with Crippen LogP contribution in [-0.2, 0) is 6.54 Å². The molecular formula is C20H20N2O5. The maximum absolute atomic E-state index is 12.6. The number of amides is 1. The molecule has 0 fully saturated rings. The van der Waals surface area contributed by atoms with E-state index in [0.717, 1.165) is 16.9 Å². The van der Waals surface area contributed by atoms with Crippen LogP contribution in [0.1, 0.15) is 16.1 Å². The van der Waals surface area contributed by atoms with Gasteiger partial charge in [-0.3, -0.25) is 4.79 Å². The fourth-order valence-electron chi connectivity index (χ4n) is 2.61. The molecule has 3 rings (SSSR count). The Morgan fingerprint density at radius 1 is 1.00 bits per heavy atom. The highest BCUT2D eigenvalue weighted by Crippen LogP contribution is 2.26. The molecule has 0 atom stereocenters. The summed E-state index contributed by atoms with van der Waals surface area (Å²) in [5.74, 6) is 2.09. The van der Waals surface area contributed by atoms with Gasteiger partial charge in [-0.15, -0.1) is 0 Å². The summed E-state index contributed by atoms with van der Waals surface area (Å²) in [7, 11) is 4.75. The third-order valence-corrected chi connectivity index (χ3v) is 4.07. The molecule has 0 spiro atoms. The van der Waals surface area contributed by atoms with E-state index in [2.05, 4.69) is 10.3 Å². The van der Waals surface area contributed by atoms with Gasteiger partial charge in [-0.1, -0.05) is 0 Å². The molecule has 0 radical (unpaired) electrons. The summed E-state index contributed by atoms with van der Waals surface area (Å²) in [6, 6.07) is 12.6. The maximum atomic E-state index is 12.6. The van der Waals surface area contributed by atoms with Crippen molar-refractivity contribution in [1.82, 2.24) is 10.3 Å². The van der Waals surface area contributed by atoms with Crippen LogP contribution in [0, 0.1) is 0 Å². The van der Waals surface area contributed by atoms with Crippen molar-refractivity contribution in [3.8, 4) is 28.6 Å². The fraction of sp³-hybridized carbons (Fsp3) is 0.200. The summed E-state index contributed by atoms with van der Waals surface area (Å²) < 4.78 is 21.1. The van der Waals surface area contributed by atoms with Crippen LogP contribution in [0.2, 0.25) is 0 Å². The molecule has 1 N–H and O–H groups in total. The van der Waals surface area contributed by atoms with E-state index in [4.69, 9.17) is 18.6 Å². The van der Waals surface area contributed by atoms with Gasteiger partial charge in [0.05, 0.1) is 21.3 Å². The molecule has 2 aromatic carbocycles. The SMILES string of the molecule is COc1ccc(-c2ocnc2C(=O)NCc2ccc(OC)cc2OC)cc1. The van der Waals surface area contributed by atoms with Crippen molar-refractivity contribution in [2.24, 2.45) is 0 Å². The molecule has 7 heteroatoms. The Labute approximate surface area is 156 Å². The Bertz CT molecular complexity index is 918. The summed E-state index contributed by atoms with van der Waals surface area (Å²) in [6.45, 7) is 0.279. The smallest absolute Gasteiger partial charge is 0.274 e. The standard InChI is InChI=1S/C20H20N2O5/c1-24-15-7-4-13(5-8-15)19-18(22-12-27-19)20(23)21-11-14-6-9-16(25-2)10-17(14)26-3/h4-10,12H,11H2,1-3H3,(H,21,23). The first-order valence-electron chi connectivity index (χ1n) is 8.23. The second-order valence-corrected chi connectivity index (χ2v) is 5.62. The molecule has 27 heavy (non-hydrogen) atoms. The lowest BCUT2D eigenvalue weighted by atomic mass is 10.1. The lowest BCUT2D eigenvalue weighted by Gasteiger charge is -2.11. The number of hydrogen-bond donors (Lipinski definition) is 1. The summed E-state index contributed by atoms with van der Waals surface area (Å²) in [6.07, 6.45) is 1.25. The van der Waals surface area contributed by atoms with Crippen molar-refractivity contribution >= 4 is 5.91 Å². The van der Waals surface area contributed by atoms with Gasteiger partial charge in [0.25, 0.3) is 5.91 Å². The van der Waals surface area contributed by atoms with Crippen LogP contribution < -0.4 is 19.5 Å². The second kappa shape index (κ2) is 8.27. The zero-order valence-corrected chi connectivity index (χ0v) is 15.3. The molecule has 1 heterocycles. The van der Waals surface area contributed by atoms with Crippen LogP contribution in [0.25, 0.3) is 11.3 Å². The van der Waals surface area contributed by atoms with Gasteiger partial charge in [0.15, 0.2) is 17.8 Å². The van der Waals surface area contributed by atoms with Crippen LogP contribution in [0.3, 0.4) is 0 Å². The van der Waals surface area contributed by atoms with E-state index in [0.29, 0.717) is 17.3 Å². The van der Waals surface area contributed by atoms with Crippen LogP contribution >= 0.6 is 0 Å². The Morgan fingerprint density at radius 2 is 1.70 bits per heavy atom. The molecule has 0 bridgehead atoms. The van der Waals surface area contributed by atoms with Gasteiger partial charge < -0.3 is 23.9 Å². The van der Waals surface area contributed by atoms with Crippen molar-refractivity contribution in [3.05, 3.63) is 60.1 Å². The highest BCUT2D eigenvalue weighted by atomic mass is 16.5. The molecule has 1 amide bonds. The van der Waals surface area contributed by atoms with Crippen molar-refractivity contribution in [2.75, 3.05) is 21.3 Å². The molecule has 0 saturated heterocycles. The molecule has 0 aliphatic heterocycles. The van der Waals surface area contributed by atoms with Gasteiger partial charge in [-0.05, 0) is 36.4 Å². The largest absolute Gasteiger partial charge is 0.497 e. The van der Waals surface area contributed by atoms with Crippen LogP contribution in [-0.4, -0.2) is 32.2 Å². The van der Waals surface area contributed by atoms with Crippen molar-refractivity contribution < 1.29 is 23.4 Å². The van der Waals surface area contributed by atoms with Gasteiger partial charge in [0.1, 0.15) is 17.2 Å². The first-order chi connectivity index (χ1) is 13.2. The molecule has 1 aromatic heterocycles. The minimum absolute atomic E-state index is 0.215. The number of ether oxygens (including phenoxy) is 3. The average Bonchev–Trinajstić information content (AvgIpc) is 3.22. The molecule has 0 aliphatic rings.